The lowest BCUT2D eigenvalue weighted by Gasteiger charge is -2.45. The molecule has 0 aromatic rings. The molecule has 4 heterocycles. The highest BCUT2D eigenvalue weighted by Crippen LogP contribution is 2.42. The zero-order chi connectivity index (χ0) is 18.7. The summed E-state index contributed by atoms with van der Waals surface area (Å²) >= 11 is 0. The van der Waals surface area contributed by atoms with E-state index < -0.39 is 0 Å². The third-order valence-corrected chi connectivity index (χ3v) is 9.93. The van der Waals surface area contributed by atoms with E-state index >= 15 is 0 Å². The van der Waals surface area contributed by atoms with Crippen molar-refractivity contribution < 1.29 is 8.97 Å². The zero-order valence-corrected chi connectivity index (χ0v) is 18.6. The van der Waals surface area contributed by atoms with Gasteiger partial charge in [0.1, 0.15) is 0 Å². The monoisotopic (exact) mass is 376 g/mol. The van der Waals surface area contributed by atoms with E-state index in [1.54, 1.807) is 0 Å². The van der Waals surface area contributed by atoms with Crippen molar-refractivity contribution in [3.63, 3.8) is 0 Å². The fourth-order valence-corrected chi connectivity index (χ4v) is 8.00. The molecule has 0 aliphatic carbocycles. The average molecular weight is 377 g/mol. The molecule has 0 amide bonds. The largest absolute Gasteiger partial charge is 0.321 e. The molecule has 4 bridgehead atoms. The van der Waals surface area contributed by atoms with Crippen LogP contribution in [0.2, 0.25) is 0 Å². The zero-order valence-electron chi connectivity index (χ0n) is 18.6. The van der Waals surface area contributed by atoms with Gasteiger partial charge in [-0.2, -0.15) is 0 Å². The fraction of sp³-hybridized carbons (Fsp3) is 1.00. The topological polar surface area (TPSA) is 0 Å². The van der Waals surface area contributed by atoms with Gasteiger partial charge in [0.25, 0.3) is 0 Å². The van der Waals surface area contributed by atoms with E-state index in [0.29, 0.717) is 0 Å². The molecule has 2 unspecified atom stereocenters. The lowest BCUT2D eigenvalue weighted by molar-refractivity contribution is -0.948. The van der Waals surface area contributed by atoms with Gasteiger partial charge in [0.2, 0.25) is 0 Å². The third-order valence-electron chi connectivity index (χ3n) is 9.93. The van der Waals surface area contributed by atoms with E-state index in [4.69, 9.17) is 0 Å². The highest BCUT2D eigenvalue weighted by molar-refractivity contribution is 4.82. The minimum Gasteiger partial charge on any atom is -0.321 e. The number of quaternary nitrogens is 2. The fourth-order valence-electron chi connectivity index (χ4n) is 8.00. The van der Waals surface area contributed by atoms with Crippen LogP contribution in [0.3, 0.4) is 0 Å². The molecule has 4 saturated heterocycles. The predicted octanol–water partition coefficient (Wildman–Crippen LogP) is 6.04. The maximum atomic E-state index is 2.60. The maximum absolute atomic E-state index is 2.60. The molecule has 4 rings (SSSR count). The Labute approximate surface area is 169 Å². The summed E-state index contributed by atoms with van der Waals surface area (Å²) in [7, 11) is 5.19. The van der Waals surface area contributed by atoms with Gasteiger partial charge in [-0.05, 0) is 64.2 Å². The van der Waals surface area contributed by atoms with Gasteiger partial charge in [-0.1, -0.05) is 19.3 Å². The molecule has 4 aliphatic rings. The van der Waals surface area contributed by atoms with Crippen LogP contribution in [0.1, 0.15) is 109 Å². The molecule has 6 atom stereocenters. The lowest BCUT2D eigenvalue weighted by Crippen LogP contribution is -2.56. The van der Waals surface area contributed by atoms with Crippen LogP contribution in [0.4, 0.5) is 0 Å². The first-order valence-corrected chi connectivity index (χ1v) is 12.8. The van der Waals surface area contributed by atoms with Gasteiger partial charge in [0.05, 0.1) is 51.4 Å². The second-order valence-electron chi connectivity index (χ2n) is 11.2. The first kappa shape index (κ1) is 20.2. The number of nitrogens with zero attached hydrogens (tertiary/aromatic N) is 2. The van der Waals surface area contributed by atoms with Gasteiger partial charge in [-0.15, -0.1) is 0 Å². The van der Waals surface area contributed by atoms with Crippen molar-refractivity contribution in [2.75, 3.05) is 27.2 Å². The summed E-state index contributed by atoms with van der Waals surface area (Å²) in [4.78, 5) is 0. The summed E-state index contributed by atoms with van der Waals surface area (Å²) in [6, 6.07) is 4.10. The van der Waals surface area contributed by atoms with Gasteiger partial charge in [-0.25, -0.2) is 0 Å². The highest BCUT2D eigenvalue weighted by Gasteiger charge is 2.48. The summed E-state index contributed by atoms with van der Waals surface area (Å²) < 4.78 is 2.91. The number of rotatable bonds is 10. The highest BCUT2D eigenvalue weighted by atomic mass is 15.4. The van der Waals surface area contributed by atoms with Crippen molar-refractivity contribution in [1.29, 1.82) is 0 Å². The van der Waals surface area contributed by atoms with Crippen LogP contribution in [0.15, 0.2) is 0 Å². The van der Waals surface area contributed by atoms with Crippen LogP contribution in [-0.2, 0) is 0 Å². The number of piperidine rings is 2. The van der Waals surface area contributed by atoms with Crippen LogP contribution in [0, 0.1) is 0 Å². The predicted molar refractivity (Wildman–Crippen MR) is 116 cm³/mol. The van der Waals surface area contributed by atoms with Crippen LogP contribution in [0.5, 0.6) is 0 Å². The Balaban J connectivity index is 1.04. The molecule has 0 N–H and O–H groups in total. The number of hydrogen-bond donors (Lipinski definition) is 0. The van der Waals surface area contributed by atoms with Crippen molar-refractivity contribution >= 4 is 0 Å². The standard InChI is InChI=1S/C25H48N2/c1-26(22-12-10-13-23(26)17-16-22)20-8-6-4-3-5-7-9-21-27(2)24-14-11-15-25(27)19-18-24/h22-25H,3-21H2,1-2H3/q+2/t22-,23+,24-,25+,26?,27?. The second kappa shape index (κ2) is 8.74. The van der Waals surface area contributed by atoms with Crippen LogP contribution < -0.4 is 0 Å². The van der Waals surface area contributed by atoms with Crippen molar-refractivity contribution in [1.82, 2.24) is 0 Å². The molecule has 0 radical (unpaired) electrons. The van der Waals surface area contributed by atoms with Crippen molar-refractivity contribution in [3.05, 3.63) is 0 Å². The number of hydrogen-bond acceptors (Lipinski definition) is 0. The van der Waals surface area contributed by atoms with Crippen molar-refractivity contribution in [2.24, 2.45) is 0 Å². The molecule has 27 heavy (non-hydrogen) atoms. The summed E-state index contributed by atoms with van der Waals surface area (Å²) in [5.74, 6) is 0. The second-order valence-corrected chi connectivity index (χ2v) is 11.2. The van der Waals surface area contributed by atoms with Crippen molar-refractivity contribution in [3.8, 4) is 0 Å². The van der Waals surface area contributed by atoms with E-state index in [0.717, 1.165) is 24.2 Å². The van der Waals surface area contributed by atoms with E-state index in [1.165, 1.54) is 131 Å². The molecule has 4 aliphatic heterocycles. The van der Waals surface area contributed by atoms with Gasteiger partial charge in [0.15, 0.2) is 0 Å². The Bertz CT molecular complexity index is 399. The van der Waals surface area contributed by atoms with Gasteiger partial charge < -0.3 is 8.97 Å². The summed E-state index contributed by atoms with van der Waals surface area (Å²) in [6.07, 6.45) is 25.7. The molecular formula is C25H48N2+2. The van der Waals surface area contributed by atoms with Crippen molar-refractivity contribution in [2.45, 2.75) is 133 Å². The molecule has 4 fully saturated rings. The van der Waals surface area contributed by atoms with Gasteiger partial charge >= 0.3 is 0 Å². The Morgan fingerprint density at radius 1 is 0.444 bits per heavy atom. The number of fused-ring (bicyclic) bond motifs is 4. The molecule has 2 nitrogen and oxygen atoms in total. The molecule has 0 spiro atoms. The Hall–Kier alpha value is -0.0800. The Kier molecular flexibility index (Phi) is 6.54. The molecule has 0 aromatic heterocycles. The Morgan fingerprint density at radius 2 is 0.741 bits per heavy atom. The molecule has 0 saturated carbocycles. The van der Waals surface area contributed by atoms with E-state index in [1.807, 2.05) is 0 Å². The average Bonchev–Trinajstić information content (AvgIpc) is 2.96. The van der Waals surface area contributed by atoms with E-state index in [-0.39, 0.29) is 0 Å². The first-order chi connectivity index (χ1) is 13.1. The lowest BCUT2D eigenvalue weighted by atomic mass is 9.98. The van der Waals surface area contributed by atoms with Gasteiger partial charge in [-0.3, -0.25) is 0 Å². The van der Waals surface area contributed by atoms with Crippen LogP contribution in [-0.4, -0.2) is 60.3 Å². The summed E-state index contributed by atoms with van der Waals surface area (Å²) in [6.45, 7) is 2.96. The van der Waals surface area contributed by atoms with Gasteiger partial charge in [0, 0.05) is 25.7 Å². The SMILES string of the molecule is C[N+]1(CCCCCCCCC[N+]2(C)[C@@H]3CCC[C@H]2CC3)[C@@H]2CCC[C@H]1CC2. The quantitative estimate of drug-likeness (QED) is 0.322. The van der Waals surface area contributed by atoms with Crippen LogP contribution in [0.25, 0.3) is 0 Å². The van der Waals surface area contributed by atoms with Crippen LogP contribution >= 0.6 is 0 Å². The minimum absolute atomic E-state index is 1.03. The maximum Gasteiger partial charge on any atom is 0.0892 e. The van der Waals surface area contributed by atoms with E-state index in [2.05, 4.69) is 14.1 Å². The Morgan fingerprint density at radius 3 is 1.07 bits per heavy atom. The molecule has 0 aromatic carbocycles. The summed E-state index contributed by atoms with van der Waals surface area (Å²) in [5.41, 5.74) is 0. The molecule has 156 valence electrons. The number of unbranched alkanes of at least 4 members (excludes halogenated alkanes) is 6. The summed E-state index contributed by atoms with van der Waals surface area (Å²) in [5, 5.41) is 0. The molecular weight excluding hydrogens is 328 g/mol. The molecule has 2 heteroatoms. The first-order valence-electron chi connectivity index (χ1n) is 12.8. The van der Waals surface area contributed by atoms with E-state index in [9.17, 15) is 0 Å². The third kappa shape index (κ3) is 4.13. The minimum atomic E-state index is 1.03. The smallest absolute Gasteiger partial charge is 0.0892 e. The normalized spacial score (nSPS) is 43.3.